The molecule has 4 nitrogen and oxygen atoms in total. The summed E-state index contributed by atoms with van der Waals surface area (Å²) in [7, 11) is 0. The maximum Gasteiger partial charge on any atom is 0.326 e. The van der Waals surface area contributed by atoms with Crippen molar-refractivity contribution in [1.29, 1.82) is 0 Å². The van der Waals surface area contributed by atoms with E-state index in [9.17, 15) is 9.59 Å². The van der Waals surface area contributed by atoms with Crippen LogP contribution in [-0.2, 0) is 28.5 Å². The fourth-order valence-electron chi connectivity index (χ4n) is 4.01. The summed E-state index contributed by atoms with van der Waals surface area (Å²) in [5, 5.41) is 0. The first-order valence-electron chi connectivity index (χ1n) is 11.7. The van der Waals surface area contributed by atoms with E-state index in [1.165, 1.54) is 21.6 Å². The average Bonchev–Trinajstić information content (AvgIpc) is 2.72. The van der Waals surface area contributed by atoms with Gasteiger partial charge in [0.25, 0.3) is 0 Å². The average molecular weight is 435 g/mol. The van der Waals surface area contributed by atoms with Crippen molar-refractivity contribution < 1.29 is 9.59 Å². The Kier molecular flexibility index (Phi) is 7.12. The summed E-state index contributed by atoms with van der Waals surface area (Å²) in [6.45, 7) is 14.8. The van der Waals surface area contributed by atoms with Crippen molar-refractivity contribution in [3.05, 3.63) is 70.8 Å². The number of hydrogen-bond acceptors (Lipinski definition) is 2. The van der Waals surface area contributed by atoms with Gasteiger partial charge in [-0.25, -0.2) is 4.79 Å². The van der Waals surface area contributed by atoms with Gasteiger partial charge >= 0.3 is 6.03 Å². The minimum Gasteiger partial charge on any atom is -0.323 e. The smallest absolute Gasteiger partial charge is 0.323 e. The Bertz CT molecular complexity index is 931. The highest BCUT2D eigenvalue weighted by Crippen LogP contribution is 2.24. The second-order valence-corrected chi connectivity index (χ2v) is 11.0. The van der Waals surface area contributed by atoms with Gasteiger partial charge in [-0.1, -0.05) is 90.1 Å². The normalized spacial score (nSPS) is 15.4. The molecule has 1 aliphatic rings. The summed E-state index contributed by atoms with van der Waals surface area (Å²) >= 11 is 0. The highest BCUT2D eigenvalue weighted by Gasteiger charge is 2.31. The van der Waals surface area contributed by atoms with Gasteiger partial charge in [-0.15, -0.1) is 0 Å². The molecular formula is C28H38N2O2. The highest BCUT2D eigenvalue weighted by atomic mass is 16.2. The fourth-order valence-corrected chi connectivity index (χ4v) is 4.01. The lowest BCUT2D eigenvalue weighted by molar-refractivity contribution is -0.130. The van der Waals surface area contributed by atoms with Crippen LogP contribution in [0, 0.1) is 0 Å². The monoisotopic (exact) mass is 434 g/mol. The van der Waals surface area contributed by atoms with E-state index >= 15 is 0 Å². The Morgan fingerprint density at radius 3 is 1.56 bits per heavy atom. The summed E-state index contributed by atoms with van der Waals surface area (Å²) < 4.78 is 0. The number of hydrogen-bond donors (Lipinski definition) is 0. The summed E-state index contributed by atoms with van der Waals surface area (Å²) in [4.78, 5) is 28.7. The molecule has 32 heavy (non-hydrogen) atoms. The second-order valence-electron chi connectivity index (χ2n) is 11.0. The molecular weight excluding hydrogens is 396 g/mol. The number of carbonyl (C=O) groups excluding carboxylic acids is 2. The minimum atomic E-state index is -0.154. The molecule has 4 heteroatoms. The molecule has 3 rings (SSSR count). The van der Waals surface area contributed by atoms with Gasteiger partial charge < -0.3 is 4.90 Å². The number of rotatable bonds is 6. The van der Waals surface area contributed by atoms with Crippen LogP contribution < -0.4 is 0 Å². The molecule has 172 valence electrons. The van der Waals surface area contributed by atoms with Gasteiger partial charge in [0.2, 0.25) is 5.91 Å². The number of amides is 3. The lowest BCUT2D eigenvalue weighted by Crippen LogP contribution is -2.53. The van der Waals surface area contributed by atoms with Crippen molar-refractivity contribution in [3.8, 4) is 0 Å². The van der Waals surface area contributed by atoms with Gasteiger partial charge in [-0.3, -0.25) is 9.69 Å². The lowest BCUT2D eigenvalue weighted by Gasteiger charge is -2.34. The molecule has 0 aromatic heterocycles. The van der Waals surface area contributed by atoms with E-state index in [-0.39, 0.29) is 22.8 Å². The standard InChI is InChI=1S/C28H38N2O2/c1-27(2,3)23-11-7-21(8-12-23)15-18-29-19-17-25(31)30(26(29)32)20-16-22-9-13-24(14-10-22)28(4,5)6/h7-14H,15-20H2,1-6H3. The molecule has 0 saturated carbocycles. The van der Waals surface area contributed by atoms with Crippen molar-refractivity contribution in [2.24, 2.45) is 0 Å². The number of carbonyl (C=O) groups is 2. The number of nitrogens with zero attached hydrogens (tertiary/aromatic N) is 2. The molecule has 1 fully saturated rings. The van der Waals surface area contributed by atoms with E-state index < -0.39 is 0 Å². The van der Waals surface area contributed by atoms with E-state index in [4.69, 9.17) is 0 Å². The van der Waals surface area contributed by atoms with Crippen LogP contribution in [0.4, 0.5) is 4.79 Å². The van der Waals surface area contributed by atoms with Gasteiger partial charge in [0.15, 0.2) is 0 Å². The largest absolute Gasteiger partial charge is 0.326 e. The molecule has 0 N–H and O–H groups in total. The highest BCUT2D eigenvalue weighted by molar-refractivity contribution is 5.96. The first-order chi connectivity index (χ1) is 14.9. The van der Waals surface area contributed by atoms with Crippen LogP contribution in [0.15, 0.2) is 48.5 Å². The van der Waals surface area contributed by atoms with E-state index in [1.54, 1.807) is 0 Å². The van der Waals surface area contributed by atoms with Crippen LogP contribution in [0.1, 0.15) is 70.2 Å². The van der Waals surface area contributed by atoms with Gasteiger partial charge in [0.1, 0.15) is 0 Å². The summed E-state index contributed by atoms with van der Waals surface area (Å²) in [5.74, 6) is -0.0629. The van der Waals surface area contributed by atoms with E-state index in [0.717, 1.165) is 12.0 Å². The molecule has 2 aromatic rings. The number of benzene rings is 2. The molecule has 3 amide bonds. The van der Waals surface area contributed by atoms with Crippen LogP contribution in [0.3, 0.4) is 0 Å². The summed E-state index contributed by atoms with van der Waals surface area (Å²) in [5.41, 5.74) is 5.21. The van der Waals surface area contributed by atoms with Crippen molar-refractivity contribution in [3.63, 3.8) is 0 Å². The maximum absolute atomic E-state index is 13.0. The zero-order valence-electron chi connectivity index (χ0n) is 20.6. The first kappa shape index (κ1) is 24.0. The van der Waals surface area contributed by atoms with Crippen LogP contribution in [0.2, 0.25) is 0 Å². The molecule has 0 radical (unpaired) electrons. The Labute approximate surface area is 193 Å². The van der Waals surface area contributed by atoms with Crippen LogP contribution in [0.25, 0.3) is 0 Å². The minimum absolute atomic E-state index is 0.0629. The van der Waals surface area contributed by atoms with Crippen LogP contribution in [-0.4, -0.2) is 41.4 Å². The van der Waals surface area contributed by atoms with E-state index in [1.807, 2.05) is 4.90 Å². The molecule has 1 heterocycles. The molecule has 0 spiro atoms. The van der Waals surface area contributed by atoms with Crippen molar-refractivity contribution in [1.82, 2.24) is 9.80 Å². The third-order valence-electron chi connectivity index (χ3n) is 6.33. The van der Waals surface area contributed by atoms with Crippen LogP contribution >= 0.6 is 0 Å². The Morgan fingerprint density at radius 2 is 1.12 bits per heavy atom. The zero-order valence-corrected chi connectivity index (χ0v) is 20.6. The van der Waals surface area contributed by atoms with Crippen molar-refractivity contribution in [2.45, 2.75) is 71.6 Å². The second kappa shape index (κ2) is 9.48. The number of imide groups is 1. The summed E-state index contributed by atoms with van der Waals surface area (Å²) in [6, 6.07) is 17.0. The molecule has 0 atom stereocenters. The van der Waals surface area contributed by atoms with E-state index in [2.05, 4.69) is 90.1 Å². The van der Waals surface area contributed by atoms with Crippen molar-refractivity contribution in [2.75, 3.05) is 19.6 Å². The third kappa shape index (κ3) is 5.99. The van der Waals surface area contributed by atoms with Crippen LogP contribution in [0.5, 0.6) is 0 Å². The van der Waals surface area contributed by atoms with Gasteiger partial charge in [-0.2, -0.15) is 0 Å². The van der Waals surface area contributed by atoms with Gasteiger partial charge in [-0.05, 0) is 45.9 Å². The Hall–Kier alpha value is -2.62. The Morgan fingerprint density at radius 1 is 0.688 bits per heavy atom. The molecule has 0 aliphatic carbocycles. The summed E-state index contributed by atoms with van der Waals surface area (Å²) in [6.07, 6.45) is 1.88. The maximum atomic E-state index is 13.0. The third-order valence-corrected chi connectivity index (χ3v) is 6.33. The molecule has 2 aromatic carbocycles. The molecule has 1 saturated heterocycles. The first-order valence-corrected chi connectivity index (χ1v) is 11.7. The lowest BCUT2D eigenvalue weighted by atomic mass is 9.86. The Balaban J connectivity index is 1.56. The zero-order chi connectivity index (χ0) is 23.5. The van der Waals surface area contributed by atoms with Gasteiger partial charge in [0, 0.05) is 26.1 Å². The molecule has 0 unspecified atom stereocenters. The SMILES string of the molecule is CC(C)(C)c1ccc(CCN2CCC(=O)N(CCc3ccc(C(C)(C)C)cc3)C2=O)cc1. The van der Waals surface area contributed by atoms with Crippen molar-refractivity contribution >= 4 is 11.9 Å². The number of urea groups is 1. The van der Waals surface area contributed by atoms with E-state index in [0.29, 0.717) is 32.5 Å². The topological polar surface area (TPSA) is 40.6 Å². The predicted molar refractivity (Wildman–Crippen MR) is 131 cm³/mol. The quantitative estimate of drug-likeness (QED) is 0.583. The molecule has 1 aliphatic heterocycles. The predicted octanol–water partition coefficient (Wildman–Crippen LogP) is 5.72. The fraction of sp³-hybridized carbons (Fsp3) is 0.500. The molecule has 0 bridgehead atoms. The van der Waals surface area contributed by atoms with Gasteiger partial charge in [0.05, 0.1) is 0 Å².